The Morgan fingerprint density at radius 2 is 1.28 bits per heavy atom. The fourth-order valence-corrected chi connectivity index (χ4v) is 15.1. The first-order valence-electron chi connectivity index (χ1n) is 23.2. The Kier molecular flexibility index (Phi) is 13.4. The second-order valence-electron chi connectivity index (χ2n) is 21.6. The first-order chi connectivity index (χ1) is 28.1. The molecule has 320 valence electrons. The van der Waals surface area contributed by atoms with Crippen LogP contribution in [0.25, 0.3) is 5.57 Å². The Bertz CT molecular complexity index is 2190. The van der Waals surface area contributed by atoms with E-state index >= 15 is 0 Å². The van der Waals surface area contributed by atoms with Gasteiger partial charge in [0, 0.05) is 0 Å². The van der Waals surface area contributed by atoms with Gasteiger partial charge in [-0.15, -0.1) is 6.92 Å². The van der Waals surface area contributed by atoms with E-state index in [0.29, 0.717) is 11.8 Å². The third kappa shape index (κ3) is 7.54. The van der Waals surface area contributed by atoms with Crippen molar-refractivity contribution in [2.75, 3.05) is 0 Å². The maximum absolute atomic E-state index is 3.46. The van der Waals surface area contributed by atoms with E-state index in [1.165, 1.54) is 88.2 Å². The summed E-state index contributed by atoms with van der Waals surface area (Å²) in [7, 11) is 0. The molecule has 0 heterocycles. The Hall–Kier alpha value is -2.44. The molecule has 61 heavy (non-hydrogen) atoms. The molecule has 0 nitrogen and oxygen atoms in total. The number of benzene rings is 3. The van der Waals surface area contributed by atoms with Crippen molar-refractivity contribution in [3.8, 4) is 0 Å². The molecule has 0 radical (unpaired) electrons. The third-order valence-corrected chi connectivity index (χ3v) is 19.9. The fourth-order valence-electron chi connectivity index (χ4n) is 14.2. The SMILES string of the molecule is CC1[C-]=CC(C2C3CC4CC(C3)CC2C4)=C1.C[C-]1C2=C3Cc4ccccc4C3=C3C=CCCC3C2(C)C(C)(C)C(C)(C)C1(C)C.[Cl-].[Cl-].[Zr+2]=[C](c1ccccc1)c1ccccc1. The van der Waals surface area contributed by atoms with Gasteiger partial charge >= 0.3 is 99.2 Å². The summed E-state index contributed by atoms with van der Waals surface area (Å²) in [5.41, 5.74) is 14.6. The summed E-state index contributed by atoms with van der Waals surface area (Å²) in [6.07, 6.45) is 24.5. The van der Waals surface area contributed by atoms with Gasteiger partial charge in [-0.3, -0.25) is 6.08 Å². The zero-order valence-corrected chi connectivity index (χ0v) is 42.3. The molecule has 0 spiro atoms. The molecule has 0 saturated heterocycles. The predicted octanol–water partition coefficient (Wildman–Crippen LogP) is 8.77. The van der Waals surface area contributed by atoms with Crippen molar-refractivity contribution in [3.05, 3.63) is 166 Å². The van der Waals surface area contributed by atoms with E-state index in [9.17, 15) is 0 Å². The molecule has 3 atom stereocenters. The summed E-state index contributed by atoms with van der Waals surface area (Å²) in [6.45, 7) is 22.6. The molecule has 3 aromatic rings. The summed E-state index contributed by atoms with van der Waals surface area (Å²) in [5.74, 6) is 8.01. The summed E-state index contributed by atoms with van der Waals surface area (Å²) >= 11 is 1.46. The number of rotatable bonds is 3. The monoisotopic (exact) mass is 924 g/mol. The Morgan fingerprint density at radius 1 is 0.721 bits per heavy atom. The van der Waals surface area contributed by atoms with Crippen LogP contribution >= 0.6 is 0 Å². The van der Waals surface area contributed by atoms with Crippen LogP contribution in [0.5, 0.6) is 0 Å². The van der Waals surface area contributed by atoms with E-state index in [-0.39, 0.29) is 46.5 Å². The quantitative estimate of drug-likeness (QED) is 0.231. The molecule has 0 aliphatic heterocycles. The van der Waals surface area contributed by atoms with Crippen molar-refractivity contribution in [2.24, 2.45) is 63.1 Å². The topological polar surface area (TPSA) is 0 Å². The minimum absolute atomic E-state index is 0. The van der Waals surface area contributed by atoms with Gasteiger partial charge in [0.15, 0.2) is 0 Å². The zero-order chi connectivity index (χ0) is 41.5. The van der Waals surface area contributed by atoms with Crippen LogP contribution in [-0.2, 0) is 30.7 Å². The second kappa shape index (κ2) is 17.5. The van der Waals surface area contributed by atoms with Crippen LogP contribution in [0.4, 0.5) is 0 Å². The van der Waals surface area contributed by atoms with Crippen molar-refractivity contribution < 1.29 is 49.0 Å². The molecule has 0 amide bonds. The average molecular weight is 927 g/mol. The van der Waals surface area contributed by atoms with Gasteiger partial charge in [0.1, 0.15) is 0 Å². The van der Waals surface area contributed by atoms with E-state index in [2.05, 4.69) is 178 Å². The maximum atomic E-state index is 3.46. The van der Waals surface area contributed by atoms with Gasteiger partial charge in [-0.25, -0.2) is 12.0 Å². The van der Waals surface area contributed by atoms with Crippen LogP contribution in [0, 0.1) is 75.1 Å². The molecule has 0 aromatic heterocycles. The number of hydrogen-bond donors (Lipinski definition) is 0. The fraction of sp³-hybridized carbons (Fsp3) is 0.483. The first-order valence-corrected chi connectivity index (χ1v) is 24.5. The standard InChI is InChI=1S/C29H37.C16H21.C13H10.2ClH.Zr/c1-18-25-22-17-19-13-9-10-14-20(19)24(22)21-15-11-12-16-23(21)29(25,8)28(6,7)27(4,5)26(18,2)3;1-10-2-3-13(4-10)16-14-6-11-5-12(8-14)9-15(16)7-11;1-3-7-12(8-4-1)11-13-9-5-2-6-10-13;;;/h9-11,13-15,23H,12,16-17H2,1-8H3;3-4,10-12,14-16H,5-9H2,1H3;1-10H;2*1H;/q2*-1;;;;+2/p-2. The van der Waals surface area contributed by atoms with Crippen LogP contribution in [0.3, 0.4) is 0 Å². The van der Waals surface area contributed by atoms with Gasteiger partial charge in [0.05, 0.1) is 0 Å². The molecular formula is C58H68Cl2Zr-2. The molecule has 3 unspecified atom stereocenters. The van der Waals surface area contributed by atoms with Crippen molar-refractivity contribution in [1.82, 2.24) is 0 Å². The van der Waals surface area contributed by atoms with Gasteiger partial charge in [0.25, 0.3) is 0 Å². The molecule has 12 rings (SSSR count). The molecule has 9 aliphatic rings. The summed E-state index contributed by atoms with van der Waals surface area (Å²) in [4.78, 5) is 0. The first kappa shape index (κ1) is 46.6. The van der Waals surface area contributed by atoms with Gasteiger partial charge in [0.2, 0.25) is 0 Å². The van der Waals surface area contributed by atoms with Gasteiger partial charge in [-0.2, -0.15) is 22.8 Å². The predicted molar refractivity (Wildman–Crippen MR) is 246 cm³/mol. The Morgan fingerprint density at radius 3 is 1.84 bits per heavy atom. The molecular weight excluding hydrogens is 859 g/mol. The van der Waals surface area contributed by atoms with Gasteiger partial charge in [-0.1, -0.05) is 132 Å². The molecule has 9 aliphatic carbocycles. The van der Waals surface area contributed by atoms with E-state index < -0.39 is 0 Å². The summed E-state index contributed by atoms with van der Waals surface area (Å²) in [6, 6.07) is 30.3. The van der Waals surface area contributed by atoms with Crippen LogP contribution < -0.4 is 24.8 Å². The zero-order valence-electron chi connectivity index (χ0n) is 38.3. The van der Waals surface area contributed by atoms with Crippen molar-refractivity contribution >= 4 is 8.78 Å². The molecule has 5 fully saturated rings. The Balaban J connectivity index is 0.000000148. The van der Waals surface area contributed by atoms with Crippen LogP contribution in [0.15, 0.2) is 132 Å². The Labute approximate surface area is 397 Å². The normalized spacial score (nSPS) is 32.1. The van der Waals surface area contributed by atoms with E-state index in [4.69, 9.17) is 0 Å². The van der Waals surface area contributed by atoms with Crippen LogP contribution in [0.2, 0.25) is 0 Å². The molecule has 4 bridgehead atoms. The van der Waals surface area contributed by atoms with Gasteiger partial charge < -0.3 is 24.8 Å². The van der Waals surface area contributed by atoms with E-state index in [1.54, 1.807) is 40.2 Å². The molecule has 3 heteroatoms. The average Bonchev–Trinajstić information content (AvgIpc) is 3.84. The van der Waals surface area contributed by atoms with E-state index in [1.807, 2.05) is 0 Å². The van der Waals surface area contributed by atoms with E-state index in [0.717, 1.165) is 36.0 Å². The van der Waals surface area contributed by atoms with Crippen LogP contribution in [0.1, 0.15) is 130 Å². The number of allylic oxidation sites excluding steroid dienone is 10. The summed E-state index contributed by atoms with van der Waals surface area (Å²) in [5, 5.41) is 0. The van der Waals surface area contributed by atoms with Crippen LogP contribution in [-0.4, -0.2) is 3.21 Å². The van der Waals surface area contributed by atoms with Crippen molar-refractivity contribution in [3.63, 3.8) is 0 Å². The van der Waals surface area contributed by atoms with Crippen molar-refractivity contribution in [1.29, 1.82) is 0 Å². The minimum atomic E-state index is 0. The molecule has 3 aromatic carbocycles. The second-order valence-corrected chi connectivity index (χ2v) is 22.8. The van der Waals surface area contributed by atoms with Crippen molar-refractivity contribution in [2.45, 2.75) is 114 Å². The molecule has 0 N–H and O–H groups in total. The van der Waals surface area contributed by atoms with Gasteiger partial charge in [-0.05, 0) is 96.3 Å². The summed E-state index contributed by atoms with van der Waals surface area (Å²) < 4.78 is 1.42. The number of halogens is 2. The number of fused-ring (bicyclic) bond motifs is 6. The molecule has 5 saturated carbocycles. The number of hydrogen-bond acceptors (Lipinski definition) is 0. The third-order valence-electron chi connectivity index (χ3n) is 18.5.